The Morgan fingerprint density at radius 3 is 1.61 bits per heavy atom. The predicted octanol–water partition coefficient (Wildman–Crippen LogP) is -6.14. The second kappa shape index (κ2) is 27.6. The highest BCUT2D eigenvalue weighted by atomic mass is 16.8. The van der Waals surface area contributed by atoms with Crippen molar-refractivity contribution in [1.82, 2.24) is 0 Å². The van der Waals surface area contributed by atoms with Crippen LogP contribution in [0, 0.1) is 50.2 Å². The maximum atomic E-state index is 15.7. The molecule has 6 heterocycles. The van der Waals surface area contributed by atoms with Crippen LogP contribution in [0.25, 0.3) is 0 Å². The molecule has 5 aliphatic carbocycles. The van der Waals surface area contributed by atoms with Crippen molar-refractivity contribution < 1.29 is 159 Å². The number of aliphatic hydroxyl groups is 19. The number of fused-ring (bicyclic) bond motifs is 7. The van der Waals surface area contributed by atoms with Gasteiger partial charge in [-0.25, -0.2) is 0 Å². The Morgan fingerprint density at radius 2 is 1.01 bits per heavy atom. The van der Waals surface area contributed by atoms with E-state index < -0.39 is 273 Å². The maximum Gasteiger partial charge on any atom is 0.317 e. The van der Waals surface area contributed by atoms with Crippen molar-refractivity contribution in [3.05, 3.63) is 11.6 Å². The number of aliphatic hydroxyl groups excluding tert-OH is 19. The van der Waals surface area contributed by atoms with Crippen LogP contribution in [0.3, 0.4) is 0 Å². The first-order valence-corrected chi connectivity index (χ1v) is 33.7. The summed E-state index contributed by atoms with van der Waals surface area (Å²) in [7, 11) is 0. The van der Waals surface area contributed by atoms with E-state index in [1.807, 2.05) is 34.6 Å². The van der Waals surface area contributed by atoms with E-state index in [9.17, 15) is 97.0 Å². The summed E-state index contributed by atoms with van der Waals surface area (Å²) in [5.41, 5.74) is -5.55. The fourth-order valence-electron chi connectivity index (χ4n) is 19.2. The lowest BCUT2D eigenvalue weighted by molar-refractivity contribution is -0.395. The average Bonchev–Trinajstić information content (AvgIpc) is 0.666. The molecule has 32 nitrogen and oxygen atoms in total. The lowest BCUT2D eigenvalue weighted by atomic mass is 9.32. The van der Waals surface area contributed by atoms with Gasteiger partial charge in [0.1, 0.15) is 115 Å². The molecule has 6 saturated heterocycles. The average molecular weight is 1390 g/mol. The Hall–Kier alpha value is -1.99. The van der Waals surface area contributed by atoms with E-state index in [2.05, 4.69) is 6.08 Å². The molecule has 0 bridgehead atoms. The van der Waals surface area contributed by atoms with E-state index >= 15 is 4.79 Å². The molecule has 40 atom stereocenters. The summed E-state index contributed by atoms with van der Waals surface area (Å²) in [5.74, 6) is -2.81. The van der Waals surface area contributed by atoms with Crippen molar-refractivity contribution in [2.75, 3.05) is 26.4 Å². The van der Waals surface area contributed by atoms with Gasteiger partial charge in [-0.2, -0.15) is 0 Å². The second-order valence-electron chi connectivity index (χ2n) is 31.2. The number of rotatable bonds is 14. The zero-order valence-corrected chi connectivity index (χ0v) is 55.4. The minimum atomic E-state index is -2.12. The zero-order valence-electron chi connectivity index (χ0n) is 55.4. The van der Waals surface area contributed by atoms with Crippen molar-refractivity contribution in [3.63, 3.8) is 0 Å². The SMILES string of the molecule is C[C@@H]1O[C@@H](O[C@H]2[C@@H](O)[C@H](O[C@H]3[C@H](OC(=O)[C@]45CCC(C)(C)C[C@@H]4C4=CC[C@@H]6[C@@]7(C)C[C@H](O)[C@H](O[C@@H]8O[C@H](CO)[C@@H](O)[C@H](O)[C@H]8O)[C@@](C)(CO)[C@H]7[C@H](O)C[C@@]6(C)[C@]4(C)C[C@H]5O)OC[C@@H](O)[C@@H]3O)O[C@@H](C)[C@@H]2O[C@H]2OC[C@H](O)[C@@H](O[C@@H]3O[C@@H](C)[C@H](O)[C@@H](O)[C@H]3O)[C@@H]2O)[C@H](O)[C@H](O)[C@H]1O. The first-order chi connectivity index (χ1) is 44.9. The smallest absolute Gasteiger partial charge is 0.317 e. The fraction of sp³-hybridized carbons (Fsp3) is 0.953. The summed E-state index contributed by atoms with van der Waals surface area (Å²) in [6.07, 6.45) is -49.8. The van der Waals surface area contributed by atoms with Crippen LogP contribution in [-0.4, -0.2) is 326 Å². The zero-order chi connectivity index (χ0) is 70.3. The van der Waals surface area contributed by atoms with Crippen molar-refractivity contribution in [3.8, 4) is 0 Å². The van der Waals surface area contributed by atoms with Gasteiger partial charge in [-0.3, -0.25) is 4.79 Å². The van der Waals surface area contributed by atoms with Crippen molar-refractivity contribution in [2.45, 2.75) is 304 Å². The van der Waals surface area contributed by atoms with Gasteiger partial charge in [0, 0.05) is 11.3 Å². The van der Waals surface area contributed by atoms with Crippen molar-refractivity contribution in [2.24, 2.45) is 50.2 Å². The third-order valence-corrected chi connectivity index (χ3v) is 24.8. The summed E-state index contributed by atoms with van der Waals surface area (Å²) in [6.45, 7) is 13.4. The molecular formula is C64H104O32. The van der Waals surface area contributed by atoms with Gasteiger partial charge in [0.25, 0.3) is 0 Å². The molecule has 0 unspecified atom stereocenters. The van der Waals surface area contributed by atoms with E-state index in [-0.39, 0.29) is 31.6 Å². The van der Waals surface area contributed by atoms with Gasteiger partial charge in [0.05, 0.1) is 69.2 Å². The Labute approximate surface area is 555 Å². The first-order valence-electron chi connectivity index (χ1n) is 33.7. The van der Waals surface area contributed by atoms with Gasteiger partial charge in [-0.05, 0) is 99.2 Å². The number of carbonyl (C=O) groups excluding carboxylic acids is 1. The molecule has 11 aliphatic rings. The van der Waals surface area contributed by atoms with Gasteiger partial charge < -0.3 is 154 Å². The van der Waals surface area contributed by atoms with E-state index in [1.54, 1.807) is 6.92 Å². The van der Waals surface area contributed by atoms with Gasteiger partial charge in [-0.15, -0.1) is 0 Å². The number of allylic oxidation sites excluding steroid dienone is 2. The molecular weight excluding hydrogens is 1280 g/mol. The van der Waals surface area contributed by atoms with Crippen LogP contribution < -0.4 is 0 Å². The summed E-state index contributed by atoms with van der Waals surface area (Å²) in [6, 6.07) is 0. The summed E-state index contributed by atoms with van der Waals surface area (Å²) >= 11 is 0. The normalized spacial score (nSPS) is 56.7. The quantitative estimate of drug-likeness (QED) is 0.0437. The van der Waals surface area contributed by atoms with E-state index in [1.165, 1.54) is 20.8 Å². The third kappa shape index (κ3) is 12.4. The van der Waals surface area contributed by atoms with Gasteiger partial charge in [0.2, 0.25) is 6.29 Å². The highest BCUT2D eigenvalue weighted by Gasteiger charge is 2.75. The molecule has 4 saturated carbocycles. The molecule has 6 aliphatic heterocycles. The van der Waals surface area contributed by atoms with E-state index in [4.69, 9.17) is 56.8 Å². The Balaban J connectivity index is 0.853. The third-order valence-electron chi connectivity index (χ3n) is 24.8. The van der Waals surface area contributed by atoms with Crippen LogP contribution in [0.15, 0.2) is 11.6 Å². The number of esters is 1. The highest BCUT2D eigenvalue weighted by molar-refractivity contribution is 5.80. The largest absolute Gasteiger partial charge is 0.432 e. The molecule has 11 rings (SSSR count). The molecule has 552 valence electrons. The Bertz CT molecular complexity index is 2730. The van der Waals surface area contributed by atoms with Gasteiger partial charge in [-0.1, -0.05) is 53.2 Å². The number of carbonyl (C=O) groups is 1. The fourth-order valence-corrected chi connectivity index (χ4v) is 19.2. The molecule has 32 heteroatoms. The molecule has 0 aromatic heterocycles. The molecule has 19 N–H and O–H groups in total. The summed E-state index contributed by atoms with van der Waals surface area (Å²) in [4.78, 5) is 15.7. The summed E-state index contributed by atoms with van der Waals surface area (Å²) < 4.78 is 72.1. The molecule has 0 aromatic rings. The van der Waals surface area contributed by atoms with Crippen molar-refractivity contribution in [1.29, 1.82) is 0 Å². The standard InChI is InChI=1S/C64H104O32/c1-22-34(72)38(76)41(79)53(87-22)92-47-30(70)20-85-52(44(47)82)91-46-24(3)89-56(45(83)48(46)93-54-42(80)39(77)35(73)23(2)88-54)94-49-36(74)29(69)19-86-57(49)96-58(84)64-13-12-59(4,5)14-26(64)25-10-11-32-60(6)15-28(68)51(95-55-43(81)40(78)37(75)31(18-65)90-55)61(7,21-66)50(60)27(67)16-63(32,9)62(25,8)17-33(64)71/h10,22-24,26-57,65-83H,11-21H2,1-9H3/t22-,23-,24-,26+,27+,28-,29+,30-,31+,32+,33+,34-,35-,36-,37+,38+,39+,40-,41+,42+,43+,44-,45+,46-,47+,48-,49+,50-,51-,52+,53-,54-,55-,56-,57-,60+,61-,62+,63+,64+/m0/s1. The number of hydrogen-bond acceptors (Lipinski definition) is 32. The second-order valence-corrected chi connectivity index (χ2v) is 31.2. The Kier molecular flexibility index (Phi) is 21.6. The van der Waals surface area contributed by atoms with Crippen LogP contribution in [0.1, 0.15) is 107 Å². The maximum absolute atomic E-state index is 15.7. The monoisotopic (exact) mass is 1380 g/mol. The first kappa shape index (κ1) is 75.2. The minimum absolute atomic E-state index is 0.00916. The minimum Gasteiger partial charge on any atom is -0.432 e. The molecule has 0 spiro atoms. The molecule has 0 aromatic carbocycles. The van der Waals surface area contributed by atoms with Crippen LogP contribution >= 0.6 is 0 Å². The number of hydrogen-bond donors (Lipinski definition) is 19. The number of ether oxygens (including phenoxy) is 12. The molecule has 96 heavy (non-hydrogen) atoms. The van der Waals surface area contributed by atoms with Gasteiger partial charge in [0.15, 0.2) is 37.6 Å². The van der Waals surface area contributed by atoms with Crippen molar-refractivity contribution >= 4 is 5.97 Å². The van der Waals surface area contributed by atoms with Crippen LogP contribution in [0.2, 0.25) is 0 Å². The lowest BCUT2D eigenvalue weighted by Crippen LogP contribution is -2.73. The van der Waals surface area contributed by atoms with E-state index in [0.29, 0.717) is 19.3 Å². The van der Waals surface area contributed by atoms with Crippen LogP contribution in [0.5, 0.6) is 0 Å². The molecule has 0 amide bonds. The predicted molar refractivity (Wildman–Crippen MR) is 317 cm³/mol. The lowest BCUT2D eigenvalue weighted by Gasteiger charge is -2.73. The Morgan fingerprint density at radius 1 is 0.490 bits per heavy atom. The molecule has 0 radical (unpaired) electrons. The topological polar surface area (TPSA) is 512 Å². The molecule has 10 fully saturated rings. The highest BCUT2D eigenvalue weighted by Crippen LogP contribution is 2.76. The van der Waals surface area contributed by atoms with Crippen LogP contribution in [-0.2, 0) is 61.6 Å². The van der Waals surface area contributed by atoms with E-state index in [0.717, 1.165) is 5.57 Å². The summed E-state index contributed by atoms with van der Waals surface area (Å²) in [5, 5.41) is 214. The van der Waals surface area contributed by atoms with Gasteiger partial charge >= 0.3 is 5.97 Å². The van der Waals surface area contributed by atoms with Crippen LogP contribution in [0.4, 0.5) is 0 Å².